The third-order valence-electron chi connectivity index (χ3n) is 5.56. The molecule has 14 heteroatoms. The van der Waals surface area contributed by atoms with Gasteiger partial charge in [-0.2, -0.15) is 5.10 Å². The van der Waals surface area contributed by atoms with Crippen LogP contribution in [0.5, 0.6) is 0 Å². The van der Waals surface area contributed by atoms with Gasteiger partial charge in [-0.1, -0.05) is 26.8 Å². The van der Waals surface area contributed by atoms with Crippen molar-refractivity contribution in [1.82, 2.24) is 15.2 Å². The van der Waals surface area contributed by atoms with E-state index >= 15 is 0 Å². The number of thiophene rings is 1. The Balaban J connectivity index is 1.76. The molecule has 0 saturated carbocycles. The van der Waals surface area contributed by atoms with E-state index in [0.29, 0.717) is 21.7 Å². The van der Waals surface area contributed by atoms with Gasteiger partial charge in [0.15, 0.2) is 18.6 Å². The van der Waals surface area contributed by atoms with Crippen LogP contribution >= 0.6 is 11.3 Å². The van der Waals surface area contributed by atoms with Gasteiger partial charge in [-0.25, -0.2) is 21.6 Å². The first-order valence-corrected chi connectivity index (χ1v) is 18.8. The molecule has 4 rings (SSSR count). The van der Waals surface area contributed by atoms with Crippen molar-refractivity contribution < 1.29 is 30.8 Å². The molecule has 194 valence electrons. The maximum absolute atomic E-state index is 12.3. The molecule has 2 N–H and O–H groups in total. The Labute approximate surface area is 213 Å². The van der Waals surface area contributed by atoms with Crippen molar-refractivity contribution >= 4 is 64.3 Å². The van der Waals surface area contributed by atoms with Crippen LogP contribution in [-0.2, 0) is 27.7 Å². The zero-order valence-electron chi connectivity index (χ0n) is 20.6. The lowest BCUT2D eigenvalue weighted by atomic mass is 9.84. The molecule has 0 saturated heterocycles. The number of esters is 1. The molecule has 1 unspecified atom stereocenters. The molecule has 0 aliphatic rings. The Bertz CT molecular complexity index is 1650. The second-order valence-electron chi connectivity index (χ2n) is 9.78. The predicted molar refractivity (Wildman–Crippen MR) is 143 cm³/mol. The first kappa shape index (κ1) is 26.5. The van der Waals surface area contributed by atoms with Crippen LogP contribution in [0.1, 0.15) is 42.1 Å². The second-order valence-corrected chi connectivity index (χ2v) is 23.6. The van der Waals surface area contributed by atoms with Crippen molar-refractivity contribution in [1.29, 1.82) is 0 Å². The van der Waals surface area contributed by atoms with E-state index in [0.717, 1.165) is 33.8 Å². The Kier molecular flexibility index (Phi) is 6.71. The van der Waals surface area contributed by atoms with Crippen molar-refractivity contribution in [3.05, 3.63) is 40.8 Å². The van der Waals surface area contributed by atoms with Crippen LogP contribution in [-0.4, -0.2) is 64.9 Å². The van der Waals surface area contributed by atoms with Gasteiger partial charge in [-0.3, -0.25) is 5.10 Å². The van der Waals surface area contributed by atoms with Crippen molar-refractivity contribution in [3.8, 4) is 11.4 Å². The minimum atomic E-state index is -3.90. The molecule has 1 atom stereocenters. The summed E-state index contributed by atoms with van der Waals surface area (Å²) in [6, 6.07) is 9.09. The van der Waals surface area contributed by atoms with E-state index in [1.165, 1.54) is 18.4 Å². The van der Waals surface area contributed by atoms with Crippen molar-refractivity contribution in [3.63, 3.8) is 0 Å². The van der Waals surface area contributed by atoms with E-state index < -0.39 is 43.4 Å². The zero-order chi connectivity index (χ0) is 26.6. The first-order chi connectivity index (χ1) is 16.6. The molecule has 10 nitrogen and oxygen atoms in total. The summed E-state index contributed by atoms with van der Waals surface area (Å²) in [6.07, 6.45) is 1.05. The van der Waals surface area contributed by atoms with Gasteiger partial charge in [0, 0.05) is 23.4 Å². The number of carbonyl (C=O) groups excluding carboxylic acids is 1. The van der Waals surface area contributed by atoms with Crippen LogP contribution in [0.15, 0.2) is 30.3 Å². The van der Waals surface area contributed by atoms with Gasteiger partial charge in [0.25, 0.3) is 0 Å². The molecule has 0 aliphatic heterocycles. The Morgan fingerprint density at radius 2 is 1.72 bits per heavy atom. The average molecular weight is 570 g/mol. The molecule has 0 fully saturated rings. The number of fused-ring (bicyclic) bond motifs is 2. The predicted octanol–water partition coefficient (Wildman–Crippen LogP) is 3.47. The summed E-state index contributed by atoms with van der Waals surface area (Å²) in [4.78, 5) is 15.7. The average Bonchev–Trinajstić information content (AvgIpc) is 3.43. The fourth-order valence-electron chi connectivity index (χ4n) is 4.06. The van der Waals surface area contributed by atoms with Gasteiger partial charge in [-0.05, 0) is 35.2 Å². The lowest BCUT2D eigenvalue weighted by Crippen LogP contribution is -2.41. The Hall–Kier alpha value is -2.52. The fraction of sp³-hybridized carbons (Fsp3) is 0.364. The van der Waals surface area contributed by atoms with Crippen LogP contribution in [0.25, 0.3) is 32.5 Å². The monoisotopic (exact) mass is 569 g/mol. The Morgan fingerprint density at radius 1 is 1.06 bits per heavy atom. The van der Waals surface area contributed by atoms with Crippen LogP contribution < -0.4 is 0 Å². The molecule has 1 aromatic carbocycles. The molecule has 0 bridgehead atoms. The fourth-order valence-corrected chi connectivity index (χ4v) is 16.4. The number of rotatable bonds is 7. The first-order valence-electron chi connectivity index (χ1n) is 10.8. The lowest BCUT2D eigenvalue weighted by molar-refractivity contribution is 0.0606. The van der Waals surface area contributed by atoms with Crippen molar-refractivity contribution in [2.45, 2.75) is 26.9 Å². The summed E-state index contributed by atoms with van der Waals surface area (Å²) in [5.74, 6) is -0.421. The number of H-pyrrole nitrogens is 2. The van der Waals surface area contributed by atoms with E-state index in [4.69, 9.17) is 9.16 Å². The number of hydrogen-bond donors (Lipinski definition) is 2. The smallest absolute Gasteiger partial charge is 0.443 e. The molecule has 36 heavy (non-hydrogen) atoms. The highest BCUT2D eigenvalue weighted by molar-refractivity contribution is 8.45. The van der Waals surface area contributed by atoms with E-state index in [-0.39, 0.29) is 0 Å². The summed E-state index contributed by atoms with van der Waals surface area (Å²) in [5.41, 5.74) is 2.98. The maximum atomic E-state index is 12.3. The molecule has 0 radical (unpaired) electrons. The maximum Gasteiger partial charge on any atom is 0.443 e. The quantitative estimate of drug-likeness (QED) is 0.254. The zero-order valence-corrected chi connectivity index (χ0v) is 24.2. The Morgan fingerprint density at radius 3 is 2.31 bits per heavy atom. The number of nitrogens with zero attached hydrogens (tertiary/aromatic N) is 1. The number of methoxy groups -OCH3 is 1. The molecule has 0 spiro atoms. The summed E-state index contributed by atoms with van der Waals surface area (Å²) in [7, 11) is -10.2. The van der Waals surface area contributed by atoms with Crippen LogP contribution in [0.2, 0.25) is 0 Å². The summed E-state index contributed by atoms with van der Waals surface area (Å²) in [5, 5.41) is 8.14. The van der Waals surface area contributed by atoms with Crippen molar-refractivity contribution in [2.75, 3.05) is 19.6 Å². The molecule has 3 heterocycles. The number of benzene rings is 1. The largest absolute Gasteiger partial charge is 0.465 e. The second kappa shape index (κ2) is 9.10. The van der Waals surface area contributed by atoms with E-state index in [1.54, 1.807) is 12.1 Å². The van der Waals surface area contributed by atoms with Gasteiger partial charge in [0.05, 0.1) is 29.1 Å². The molecule has 3 aromatic heterocycles. The number of carbonyl (C=O) groups is 1. The minimum absolute atomic E-state index is 0.421. The molecule has 0 amide bonds. The van der Waals surface area contributed by atoms with Gasteiger partial charge >= 0.3 is 13.3 Å². The van der Waals surface area contributed by atoms with Gasteiger partial charge < -0.3 is 14.1 Å². The van der Waals surface area contributed by atoms with Crippen LogP contribution in [0, 0.1) is 5.41 Å². The van der Waals surface area contributed by atoms with Gasteiger partial charge in [0.1, 0.15) is 10.6 Å². The van der Waals surface area contributed by atoms with Crippen LogP contribution in [0.3, 0.4) is 0 Å². The standard InChI is InChI=1S/C22H27N3O7S3Si/c1-22(2,3)20(32-36(34(5,27)28)35(6,29)30)12-7-8-14-13(9-12)10-15(23-14)18-19-16(24-25-18)11-17(33-19)21(26)31-4/h7-11,20,23,36H,1-6H3,(H,24,25). The summed E-state index contributed by atoms with van der Waals surface area (Å²) >= 11 is 1.27. The number of ether oxygens (including phenoxy) is 1. The lowest BCUT2D eigenvalue weighted by Gasteiger charge is -2.33. The molecule has 0 aliphatic carbocycles. The number of hydrogen-bond acceptors (Lipinski definition) is 9. The van der Waals surface area contributed by atoms with Gasteiger partial charge in [-0.15, -0.1) is 11.3 Å². The number of nitrogens with one attached hydrogen (secondary N) is 2. The highest BCUT2D eigenvalue weighted by Gasteiger charge is 2.42. The molecule has 4 aromatic rings. The van der Waals surface area contributed by atoms with Crippen molar-refractivity contribution in [2.24, 2.45) is 5.41 Å². The van der Waals surface area contributed by atoms with Gasteiger partial charge in [0.2, 0.25) is 0 Å². The topological polar surface area (TPSA) is 148 Å². The molecular weight excluding hydrogens is 543 g/mol. The van der Waals surface area contributed by atoms with E-state index in [1.807, 2.05) is 39.0 Å². The van der Waals surface area contributed by atoms with E-state index in [9.17, 15) is 21.6 Å². The minimum Gasteiger partial charge on any atom is -0.465 e. The number of aromatic nitrogens is 3. The summed E-state index contributed by atoms with van der Waals surface area (Å²) < 4.78 is 60.8. The summed E-state index contributed by atoms with van der Waals surface area (Å²) in [6.45, 7) is 5.61. The normalized spacial score (nSPS) is 14.1. The van der Waals surface area contributed by atoms with E-state index in [2.05, 4.69) is 15.2 Å². The molecular formula is C22H27N3O7S3Si. The third-order valence-corrected chi connectivity index (χ3v) is 19.7. The van der Waals surface area contributed by atoms with Crippen LogP contribution in [0.4, 0.5) is 0 Å². The number of aromatic amines is 2. The SMILES string of the molecule is COC(=O)c1cc2[nH]nc(-c3cc4cc(C(O[SiH](S(C)(=O)=O)S(C)(=O)=O)C(C)(C)C)ccc4[nH]3)c2s1. The highest BCUT2D eigenvalue weighted by atomic mass is 32.6. The highest BCUT2D eigenvalue weighted by Crippen LogP contribution is 2.40. The third kappa shape index (κ3) is 5.13.